The lowest BCUT2D eigenvalue weighted by Gasteiger charge is -2.30. The Labute approximate surface area is 238 Å². The maximum atomic E-state index is 13.6. The summed E-state index contributed by atoms with van der Waals surface area (Å²) in [5.41, 5.74) is 1.74. The molecule has 1 aromatic heterocycles. The second-order valence-corrected chi connectivity index (χ2v) is 12.3. The number of likely N-dealkylation sites (N-methyl/N-ethyl adjacent to an activating group) is 1. The third kappa shape index (κ3) is 6.02. The standard InChI is InChI=1S/C29H34N2O6S2/c1-30(16-27(32)33)8-4-5-19-13-24(20-11-21(35-2)14-22(12-20)36-3)37-25(19)15-26-28(34)31(29(38)39-26)23-10-17-6-7-18(23)9-17/h11-15,17-18,23H,4-10,16H2,1-3H3,(H,32,33). The largest absolute Gasteiger partial charge is 0.497 e. The highest BCUT2D eigenvalue weighted by molar-refractivity contribution is 8.26. The van der Waals surface area contributed by atoms with Crippen LogP contribution in [0.25, 0.3) is 17.4 Å². The van der Waals surface area contributed by atoms with Gasteiger partial charge in [-0.1, -0.05) is 30.4 Å². The van der Waals surface area contributed by atoms with Crippen molar-refractivity contribution in [3.63, 3.8) is 0 Å². The zero-order valence-corrected chi connectivity index (χ0v) is 24.1. The minimum atomic E-state index is -0.853. The number of amides is 1. The number of rotatable bonds is 11. The van der Waals surface area contributed by atoms with Crippen molar-refractivity contribution in [2.75, 3.05) is 34.4 Å². The molecule has 3 atom stereocenters. The summed E-state index contributed by atoms with van der Waals surface area (Å²) >= 11 is 7.03. The van der Waals surface area contributed by atoms with Gasteiger partial charge in [-0.3, -0.25) is 19.4 Å². The Morgan fingerprint density at radius 1 is 1.21 bits per heavy atom. The minimum absolute atomic E-state index is 0.0153. The molecule has 3 fully saturated rings. The van der Waals surface area contributed by atoms with Crippen molar-refractivity contribution < 1.29 is 28.6 Å². The van der Waals surface area contributed by atoms with E-state index in [4.69, 9.17) is 31.2 Å². The maximum Gasteiger partial charge on any atom is 0.317 e. The van der Waals surface area contributed by atoms with E-state index in [0.717, 1.165) is 24.0 Å². The highest BCUT2D eigenvalue weighted by atomic mass is 32.2. The predicted molar refractivity (Wildman–Crippen MR) is 155 cm³/mol. The quantitative estimate of drug-likeness (QED) is 0.285. The Bertz CT molecular complexity index is 1280. The molecule has 8 nitrogen and oxygen atoms in total. The molecule has 2 heterocycles. The molecule has 2 aromatic rings. The first-order valence-corrected chi connectivity index (χ1v) is 14.5. The van der Waals surface area contributed by atoms with Crippen molar-refractivity contribution >= 4 is 46.3 Å². The SMILES string of the molecule is COc1cc(OC)cc(-c2cc(CCCN(C)CC(=O)O)c(C=C3SC(=S)N(C4CC5CCC4C5)C3=O)o2)c1. The summed E-state index contributed by atoms with van der Waals surface area (Å²) in [5, 5.41) is 9.07. The van der Waals surface area contributed by atoms with Crippen LogP contribution in [0.15, 0.2) is 33.6 Å². The second kappa shape index (κ2) is 11.7. The lowest BCUT2D eigenvalue weighted by atomic mass is 9.94. The molecule has 5 rings (SSSR count). The maximum absolute atomic E-state index is 13.6. The Morgan fingerprint density at radius 3 is 2.56 bits per heavy atom. The van der Waals surface area contributed by atoms with Gasteiger partial charge in [0.1, 0.15) is 27.3 Å². The molecule has 0 spiro atoms. The summed E-state index contributed by atoms with van der Waals surface area (Å²) in [6.45, 7) is 0.601. The number of hydrogen-bond donors (Lipinski definition) is 1. The van der Waals surface area contributed by atoms with E-state index in [1.165, 1.54) is 31.0 Å². The number of thiocarbonyl (C=S) groups is 1. The van der Waals surface area contributed by atoms with Gasteiger partial charge in [0.15, 0.2) is 0 Å². The van der Waals surface area contributed by atoms with Crippen LogP contribution in [0.4, 0.5) is 0 Å². The van der Waals surface area contributed by atoms with Crippen LogP contribution >= 0.6 is 24.0 Å². The topological polar surface area (TPSA) is 92.5 Å². The molecule has 10 heteroatoms. The molecule has 208 valence electrons. The van der Waals surface area contributed by atoms with Crippen LogP contribution in [0.5, 0.6) is 11.5 Å². The molecule has 39 heavy (non-hydrogen) atoms. The lowest BCUT2D eigenvalue weighted by molar-refractivity contribution is -0.138. The Balaban J connectivity index is 1.43. The van der Waals surface area contributed by atoms with E-state index < -0.39 is 5.97 Å². The fourth-order valence-corrected chi connectivity index (χ4v) is 7.46. The summed E-state index contributed by atoms with van der Waals surface area (Å²) in [7, 11) is 4.99. The van der Waals surface area contributed by atoms with E-state index in [1.807, 2.05) is 29.2 Å². The number of benzene rings is 1. The molecular formula is C29H34N2O6S2. The number of furan rings is 1. The van der Waals surface area contributed by atoms with E-state index in [-0.39, 0.29) is 18.5 Å². The summed E-state index contributed by atoms with van der Waals surface area (Å²) in [6.07, 6.45) is 7.90. The normalized spacial score (nSPS) is 23.4. The number of aryl methyl sites for hydroxylation is 1. The van der Waals surface area contributed by atoms with Gasteiger partial charge in [0.25, 0.3) is 5.91 Å². The van der Waals surface area contributed by atoms with E-state index >= 15 is 0 Å². The number of hydrogen-bond acceptors (Lipinski definition) is 8. The molecule has 1 amide bonds. The van der Waals surface area contributed by atoms with Crippen LogP contribution < -0.4 is 9.47 Å². The molecule has 2 aliphatic carbocycles. The van der Waals surface area contributed by atoms with Crippen LogP contribution in [0.2, 0.25) is 0 Å². The third-order valence-electron chi connectivity index (χ3n) is 7.99. The second-order valence-electron chi connectivity index (χ2n) is 10.6. The molecule has 2 bridgehead atoms. The molecule has 0 radical (unpaired) electrons. The highest BCUT2D eigenvalue weighted by Crippen LogP contribution is 2.49. The lowest BCUT2D eigenvalue weighted by Crippen LogP contribution is -2.41. The number of aliphatic carboxylic acids is 1. The predicted octanol–water partition coefficient (Wildman–Crippen LogP) is 5.30. The van der Waals surface area contributed by atoms with Gasteiger partial charge < -0.3 is 19.0 Å². The van der Waals surface area contributed by atoms with Gasteiger partial charge in [-0.05, 0) is 81.3 Å². The number of fused-ring (bicyclic) bond motifs is 2. The highest BCUT2D eigenvalue weighted by Gasteiger charge is 2.48. The van der Waals surface area contributed by atoms with E-state index in [9.17, 15) is 9.59 Å². The van der Waals surface area contributed by atoms with Crippen molar-refractivity contribution in [2.24, 2.45) is 11.8 Å². The number of ether oxygens (including phenoxy) is 2. The van der Waals surface area contributed by atoms with Crippen LogP contribution in [-0.4, -0.2) is 71.5 Å². The third-order valence-corrected chi connectivity index (χ3v) is 9.32. The first-order valence-electron chi connectivity index (χ1n) is 13.3. The van der Waals surface area contributed by atoms with Gasteiger partial charge in [-0.2, -0.15) is 0 Å². The molecule has 1 saturated heterocycles. The molecule has 2 saturated carbocycles. The van der Waals surface area contributed by atoms with Crippen molar-refractivity contribution in [1.82, 2.24) is 9.80 Å². The van der Waals surface area contributed by atoms with E-state index in [0.29, 0.717) is 57.0 Å². The molecular weight excluding hydrogens is 536 g/mol. The molecule has 1 N–H and O–H groups in total. The van der Waals surface area contributed by atoms with Crippen molar-refractivity contribution in [2.45, 2.75) is 44.6 Å². The summed E-state index contributed by atoms with van der Waals surface area (Å²) in [5.74, 6) is 2.91. The van der Waals surface area contributed by atoms with Crippen LogP contribution in [0.1, 0.15) is 43.4 Å². The Morgan fingerprint density at radius 2 is 1.95 bits per heavy atom. The van der Waals surface area contributed by atoms with Gasteiger partial charge in [-0.25, -0.2) is 0 Å². The fraction of sp³-hybridized carbons (Fsp3) is 0.483. The van der Waals surface area contributed by atoms with Crippen molar-refractivity contribution in [3.05, 3.63) is 40.5 Å². The smallest absolute Gasteiger partial charge is 0.317 e. The summed E-state index contributed by atoms with van der Waals surface area (Å²) < 4.78 is 17.9. The number of carbonyl (C=O) groups excluding carboxylic acids is 1. The summed E-state index contributed by atoms with van der Waals surface area (Å²) in [6, 6.07) is 7.75. The first-order chi connectivity index (χ1) is 18.7. The molecule has 1 aliphatic heterocycles. The molecule has 3 aliphatic rings. The van der Waals surface area contributed by atoms with E-state index in [1.54, 1.807) is 32.2 Å². The number of carbonyl (C=O) groups is 2. The van der Waals surface area contributed by atoms with Crippen molar-refractivity contribution in [1.29, 1.82) is 0 Å². The number of thioether (sulfide) groups is 1. The van der Waals surface area contributed by atoms with Crippen LogP contribution in [0, 0.1) is 11.8 Å². The number of methoxy groups -OCH3 is 2. The molecule has 1 aromatic carbocycles. The number of carboxylic acid groups (broad SMARTS) is 1. The number of carboxylic acids is 1. The monoisotopic (exact) mass is 570 g/mol. The summed E-state index contributed by atoms with van der Waals surface area (Å²) in [4.78, 5) is 28.8. The van der Waals surface area contributed by atoms with Gasteiger partial charge in [0.05, 0.1) is 25.7 Å². The van der Waals surface area contributed by atoms with Gasteiger partial charge in [-0.15, -0.1) is 0 Å². The van der Waals surface area contributed by atoms with Gasteiger partial charge >= 0.3 is 5.97 Å². The zero-order chi connectivity index (χ0) is 27.7. The first kappa shape index (κ1) is 27.7. The Kier molecular flexibility index (Phi) is 8.35. The van der Waals surface area contributed by atoms with Gasteiger partial charge in [0.2, 0.25) is 0 Å². The van der Waals surface area contributed by atoms with Gasteiger partial charge in [0, 0.05) is 23.7 Å². The van der Waals surface area contributed by atoms with E-state index in [2.05, 4.69) is 0 Å². The average Bonchev–Trinajstić information content (AvgIpc) is 3.68. The average molecular weight is 571 g/mol. The molecule has 3 unspecified atom stereocenters. The van der Waals surface area contributed by atoms with Crippen molar-refractivity contribution in [3.8, 4) is 22.8 Å². The minimum Gasteiger partial charge on any atom is -0.497 e. The van der Waals surface area contributed by atoms with Crippen LogP contribution in [0.3, 0.4) is 0 Å². The fourth-order valence-electron chi connectivity index (χ4n) is 6.11. The Hall–Kier alpha value is -2.82. The number of nitrogens with zero attached hydrogens (tertiary/aromatic N) is 2. The van der Waals surface area contributed by atoms with Crippen LogP contribution in [-0.2, 0) is 16.0 Å². The zero-order valence-electron chi connectivity index (χ0n) is 22.5.